The highest BCUT2D eigenvalue weighted by molar-refractivity contribution is 5.67. The molecule has 12 heteroatoms. The van der Waals surface area contributed by atoms with Crippen LogP contribution in [0.1, 0.15) is 48.5 Å². The van der Waals surface area contributed by atoms with Crippen molar-refractivity contribution < 1.29 is 56.6 Å². The molecule has 4 aliphatic rings. The number of hydrogen-bond donors (Lipinski definition) is 0. The molecule has 11 nitrogen and oxygen atoms in total. The third-order valence-corrected chi connectivity index (χ3v) is 5.99. The Labute approximate surface area is 197 Å². The molecule has 0 N–H and O–H groups in total. The monoisotopic (exact) mass is 492 g/mol. The van der Waals surface area contributed by atoms with Crippen LogP contribution in [0.3, 0.4) is 0 Å². The molecule has 0 spiro atoms. The van der Waals surface area contributed by atoms with Crippen LogP contribution in [-0.2, 0) is 52.2 Å². The van der Waals surface area contributed by atoms with Crippen LogP contribution >= 0.6 is 0 Å². The molecule has 0 bridgehead atoms. The van der Waals surface area contributed by atoms with Crippen molar-refractivity contribution in [1.29, 1.82) is 0 Å². The van der Waals surface area contributed by atoms with Crippen molar-refractivity contribution in [3.8, 4) is 0 Å². The summed E-state index contributed by atoms with van der Waals surface area (Å²) in [7, 11) is 0. The maximum Gasteiger partial charge on any atom is 0.303 e. The molecule has 0 radical (unpaired) electrons. The standard InChI is InChI=1S/C22H33FO11/c1-9-14(28-10(2)24)16(29-11(3)25)13(23)19(27-9)26-8-12-15-17(32-21(4,5)31-15)18-20(30-12)34-22(6,7)33-18/h9,12-20H,8H2,1-7H3/t9-,12+,13-,14+,15-,16-,17-,18+,19-,20+/m0/s1. The van der Waals surface area contributed by atoms with Gasteiger partial charge in [-0.15, -0.1) is 0 Å². The minimum absolute atomic E-state index is 0.129. The van der Waals surface area contributed by atoms with E-state index in [0.29, 0.717) is 0 Å². The van der Waals surface area contributed by atoms with Gasteiger partial charge < -0.3 is 42.6 Å². The average molecular weight is 492 g/mol. The first-order chi connectivity index (χ1) is 15.8. The lowest BCUT2D eigenvalue weighted by Gasteiger charge is -2.42. The Morgan fingerprint density at radius 2 is 1.38 bits per heavy atom. The third-order valence-electron chi connectivity index (χ3n) is 5.99. The van der Waals surface area contributed by atoms with Gasteiger partial charge in [0, 0.05) is 13.8 Å². The summed E-state index contributed by atoms with van der Waals surface area (Å²) >= 11 is 0. The van der Waals surface area contributed by atoms with Gasteiger partial charge in [0.05, 0.1) is 12.7 Å². The van der Waals surface area contributed by atoms with Crippen molar-refractivity contribution in [2.45, 2.75) is 122 Å². The molecule has 0 aliphatic carbocycles. The lowest BCUT2D eigenvalue weighted by Crippen LogP contribution is -2.60. The van der Waals surface area contributed by atoms with Gasteiger partial charge in [0.15, 0.2) is 42.5 Å². The number of esters is 2. The van der Waals surface area contributed by atoms with Crippen LogP contribution in [0.25, 0.3) is 0 Å². The smallest absolute Gasteiger partial charge is 0.303 e. The molecule has 0 unspecified atom stereocenters. The van der Waals surface area contributed by atoms with Crippen LogP contribution in [0.5, 0.6) is 0 Å². The highest BCUT2D eigenvalue weighted by Gasteiger charge is 2.61. The SMILES string of the molecule is CC(=O)O[C@H]1[C@H](F)[C@@H](OC[C@H]2O[C@@H]3OC(C)(C)O[C@@H]3[C@H]3OC(C)(C)O[C@H]32)O[C@@H](C)[C@H]1OC(C)=O. The van der Waals surface area contributed by atoms with Gasteiger partial charge in [-0.1, -0.05) is 0 Å². The number of hydrogen-bond acceptors (Lipinski definition) is 11. The molecular formula is C22H33FO11. The Bertz CT molecular complexity index is 789. The molecule has 0 aromatic rings. The van der Waals surface area contributed by atoms with E-state index in [2.05, 4.69) is 0 Å². The molecule has 4 saturated heterocycles. The summed E-state index contributed by atoms with van der Waals surface area (Å²) < 4.78 is 67.0. The molecule has 0 amide bonds. The van der Waals surface area contributed by atoms with Gasteiger partial charge in [0.25, 0.3) is 0 Å². The van der Waals surface area contributed by atoms with Gasteiger partial charge in [-0.05, 0) is 34.6 Å². The van der Waals surface area contributed by atoms with Crippen LogP contribution in [-0.4, -0.2) is 91.6 Å². The van der Waals surface area contributed by atoms with E-state index in [0.717, 1.165) is 6.92 Å². The molecule has 4 heterocycles. The molecule has 10 atom stereocenters. The van der Waals surface area contributed by atoms with Gasteiger partial charge >= 0.3 is 11.9 Å². The molecule has 4 aliphatic heterocycles. The first-order valence-electron chi connectivity index (χ1n) is 11.4. The maximum absolute atomic E-state index is 15.3. The zero-order valence-electron chi connectivity index (χ0n) is 20.3. The van der Waals surface area contributed by atoms with Gasteiger partial charge in [-0.25, -0.2) is 4.39 Å². The predicted molar refractivity (Wildman–Crippen MR) is 109 cm³/mol. The van der Waals surface area contributed by atoms with Gasteiger partial charge in [0.2, 0.25) is 0 Å². The van der Waals surface area contributed by atoms with Gasteiger partial charge in [0.1, 0.15) is 24.4 Å². The summed E-state index contributed by atoms with van der Waals surface area (Å²) in [5.41, 5.74) is 0. The van der Waals surface area contributed by atoms with E-state index in [1.54, 1.807) is 34.6 Å². The molecule has 4 fully saturated rings. The molecule has 0 aromatic carbocycles. The van der Waals surface area contributed by atoms with Crippen molar-refractivity contribution in [3.05, 3.63) is 0 Å². The lowest BCUT2D eigenvalue weighted by molar-refractivity contribution is -0.301. The Kier molecular flexibility index (Phi) is 6.97. The summed E-state index contributed by atoms with van der Waals surface area (Å²) in [5, 5.41) is 0. The highest BCUT2D eigenvalue weighted by atomic mass is 19.1. The van der Waals surface area contributed by atoms with Gasteiger partial charge in [-0.2, -0.15) is 0 Å². The minimum atomic E-state index is -1.92. The Morgan fingerprint density at radius 1 is 0.824 bits per heavy atom. The minimum Gasteiger partial charge on any atom is -0.456 e. The van der Waals surface area contributed by atoms with Crippen molar-refractivity contribution >= 4 is 11.9 Å². The van der Waals surface area contributed by atoms with Crippen molar-refractivity contribution in [2.75, 3.05) is 6.61 Å². The van der Waals surface area contributed by atoms with Gasteiger partial charge in [-0.3, -0.25) is 9.59 Å². The fourth-order valence-corrected chi connectivity index (χ4v) is 4.79. The summed E-state index contributed by atoms with van der Waals surface area (Å²) in [5.74, 6) is -3.14. The Hall–Kier alpha value is -1.41. The van der Waals surface area contributed by atoms with Crippen molar-refractivity contribution in [2.24, 2.45) is 0 Å². The first-order valence-corrected chi connectivity index (χ1v) is 11.4. The second-order valence-corrected chi connectivity index (χ2v) is 9.84. The highest BCUT2D eigenvalue weighted by Crippen LogP contribution is 2.44. The van der Waals surface area contributed by atoms with Crippen molar-refractivity contribution in [3.63, 3.8) is 0 Å². The molecule has 194 valence electrons. The average Bonchev–Trinajstić information content (AvgIpc) is 3.19. The Morgan fingerprint density at radius 3 is 2.03 bits per heavy atom. The number of halogens is 1. The van der Waals surface area contributed by atoms with Crippen LogP contribution in [0.4, 0.5) is 4.39 Å². The van der Waals surface area contributed by atoms with E-state index in [4.69, 9.17) is 42.6 Å². The van der Waals surface area contributed by atoms with E-state index in [-0.39, 0.29) is 6.61 Å². The summed E-state index contributed by atoms with van der Waals surface area (Å²) in [6.45, 7) is 10.9. The number of carbonyl (C=O) groups excluding carboxylic acids is 2. The normalized spacial score (nSPS) is 44.7. The van der Waals surface area contributed by atoms with Crippen LogP contribution in [0.2, 0.25) is 0 Å². The van der Waals surface area contributed by atoms with E-state index in [9.17, 15) is 9.59 Å². The molecule has 0 saturated carbocycles. The summed E-state index contributed by atoms with van der Waals surface area (Å²) in [6.07, 6.45) is -9.60. The van der Waals surface area contributed by atoms with Crippen LogP contribution < -0.4 is 0 Å². The number of ether oxygens (including phenoxy) is 9. The van der Waals surface area contributed by atoms with E-state index < -0.39 is 85.0 Å². The molecule has 34 heavy (non-hydrogen) atoms. The third kappa shape index (κ3) is 5.23. The maximum atomic E-state index is 15.3. The number of rotatable bonds is 5. The number of fused-ring (bicyclic) bond motifs is 3. The van der Waals surface area contributed by atoms with Crippen LogP contribution in [0.15, 0.2) is 0 Å². The van der Waals surface area contributed by atoms with E-state index in [1.165, 1.54) is 6.92 Å². The van der Waals surface area contributed by atoms with E-state index >= 15 is 4.39 Å². The number of alkyl halides is 1. The van der Waals surface area contributed by atoms with Crippen molar-refractivity contribution in [1.82, 2.24) is 0 Å². The molecule has 4 rings (SSSR count). The molecular weight excluding hydrogens is 459 g/mol. The topological polar surface area (TPSA) is 117 Å². The quantitative estimate of drug-likeness (QED) is 0.518. The lowest BCUT2D eigenvalue weighted by atomic mass is 9.99. The fraction of sp³-hybridized carbons (Fsp3) is 0.909. The molecule has 0 aromatic heterocycles. The Balaban J connectivity index is 1.46. The second kappa shape index (κ2) is 9.23. The number of carbonyl (C=O) groups is 2. The summed E-state index contributed by atoms with van der Waals surface area (Å²) in [6, 6.07) is 0. The second-order valence-electron chi connectivity index (χ2n) is 9.84. The predicted octanol–water partition coefficient (Wildman–Crippen LogP) is 1.35. The largest absolute Gasteiger partial charge is 0.456 e. The van der Waals surface area contributed by atoms with Crippen LogP contribution in [0, 0.1) is 0 Å². The summed E-state index contributed by atoms with van der Waals surface area (Å²) in [4.78, 5) is 23.0. The van der Waals surface area contributed by atoms with E-state index in [1.807, 2.05) is 0 Å². The zero-order chi connectivity index (χ0) is 25.0. The zero-order valence-corrected chi connectivity index (χ0v) is 20.3. The first kappa shape index (κ1) is 25.7. The fourth-order valence-electron chi connectivity index (χ4n) is 4.79.